The van der Waals surface area contributed by atoms with Crippen LogP contribution in [0.5, 0.6) is 11.5 Å². The average molecular weight is 601 g/mol. The summed E-state index contributed by atoms with van der Waals surface area (Å²) >= 11 is 0. The van der Waals surface area contributed by atoms with Crippen LogP contribution >= 0.6 is 0 Å². The van der Waals surface area contributed by atoms with Crippen LogP contribution in [0.3, 0.4) is 0 Å². The van der Waals surface area contributed by atoms with E-state index < -0.39 is 33.9 Å². The lowest BCUT2D eigenvalue weighted by Gasteiger charge is -2.30. The van der Waals surface area contributed by atoms with Gasteiger partial charge < -0.3 is 25.2 Å². The van der Waals surface area contributed by atoms with Crippen molar-refractivity contribution < 1.29 is 32.6 Å². The van der Waals surface area contributed by atoms with Crippen LogP contribution in [0.2, 0.25) is 0 Å². The highest BCUT2D eigenvalue weighted by Crippen LogP contribution is 2.43. The van der Waals surface area contributed by atoms with Crippen molar-refractivity contribution in [3.8, 4) is 11.5 Å². The summed E-state index contributed by atoms with van der Waals surface area (Å²) in [5.74, 6) is -1.08. The van der Waals surface area contributed by atoms with Crippen LogP contribution in [0.25, 0.3) is 0 Å². The molecule has 0 radical (unpaired) electrons. The number of sulfonamides is 1. The summed E-state index contributed by atoms with van der Waals surface area (Å²) in [6.07, 6.45) is 2.59. The van der Waals surface area contributed by atoms with Crippen LogP contribution in [0.1, 0.15) is 49.7 Å². The van der Waals surface area contributed by atoms with Crippen LogP contribution in [0.15, 0.2) is 42.5 Å². The first-order valence-electron chi connectivity index (χ1n) is 14.7. The van der Waals surface area contributed by atoms with E-state index in [4.69, 9.17) is 15.2 Å². The predicted octanol–water partition coefficient (Wildman–Crippen LogP) is 2.60. The van der Waals surface area contributed by atoms with Gasteiger partial charge in [0.2, 0.25) is 22.7 Å². The second-order valence-electron chi connectivity index (χ2n) is 11.2. The van der Waals surface area contributed by atoms with E-state index in [1.165, 1.54) is 4.31 Å². The highest BCUT2D eigenvalue weighted by molar-refractivity contribution is 7.89. The van der Waals surface area contributed by atoms with E-state index in [1.54, 1.807) is 11.0 Å². The normalized spacial score (nSPS) is 23.3. The van der Waals surface area contributed by atoms with E-state index in [1.807, 2.05) is 41.3 Å². The summed E-state index contributed by atoms with van der Waals surface area (Å²) in [7, 11) is -3.34. The van der Waals surface area contributed by atoms with Crippen molar-refractivity contribution in [2.24, 2.45) is 11.7 Å². The molecular weight excluding hydrogens is 560 g/mol. The first-order chi connectivity index (χ1) is 20.2. The van der Waals surface area contributed by atoms with Gasteiger partial charge in [0.1, 0.15) is 0 Å². The number of carboxylic acids is 1. The number of rotatable bonds is 12. The topological polar surface area (TPSA) is 143 Å². The molecule has 3 atom stereocenters. The van der Waals surface area contributed by atoms with E-state index in [0.29, 0.717) is 50.5 Å². The number of unbranched alkanes of at least 4 members (excludes halogenated alkanes) is 1. The summed E-state index contributed by atoms with van der Waals surface area (Å²) in [5.41, 5.74) is 8.34. The number of carbonyl (C=O) groups is 2. The maximum Gasteiger partial charge on any atom is 0.308 e. The molecular formula is C30H40N4O7S. The lowest BCUT2D eigenvalue weighted by atomic mass is 9.84. The van der Waals surface area contributed by atoms with Gasteiger partial charge in [-0.05, 0) is 54.7 Å². The maximum atomic E-state index is 14.0. The van der Waals surface area contributed by atoms with Crippen LogP contribution in [-0.2, 0) is 26.2 Å². The number of fused-ring (bicyclic) bond motifs is 1. The van der Waals surface area contributed by atoms with E-state index in [9.17, 15) is 23.1 Å². The number of ether oxygens (including phenoxy) is 2. The van der Waals surface area contributed by atoms with Crippen molar-refractivity contribution in [1.29, 1.82) is 0 Å². The van der Waals surface area contributed by atoms with Crippen molar-refractivity contribution >= 4 is 27.6 Å². The van der Waals surface area contributed by atoms with Gasteiger partial charge in [0, 0.05) is 50.4 Å². The van der Waals surface area contributed by atoms with Gasteiger partial charge in [0.25, 0.3) is 0 Å². The number of hydrogen-bond acceptors (Lipinski definition) is 8. The number of benzene rings is 2. The molecule has 0 saturated carbocycles. The molecule has 3 unspecified atom stereocenters. The molecule has 3 aliphatic heterocycles. The van der Waals surface area contributed by atoms with Gasteiger partial charge in [-0.3, -0.25) is 14.5 Å². The molecule has 2 fully saturated rings. The minimum Gasteiger partial charge on any atom is -0.481 e. The van der Waals surface area contributed by atoms with Crippen molar-refractivity contribution in [2.75, 3.05) is 50.2 Å². The summed E-state index contributed by atoms with van der Waals surface area (Å²) in [4.78, 5) is 30.5. The molecule has 5 rings (SSSR count). The number of carbonyl (C=O) groups excluding carboxylic acids is 1. The first kappa shape index (κ1) is 30.3. The SMILES string of the molecule is CCCCN(C(=O)CN1CC(c2ccc3c(c2)OCO3)C(C(=O)O)C1CCN1CCCS1(=O)=O)c1cccc(CN)c1. The van der Waals surface area contributed by atoms with Crippen LogP contribution in [0.4, 0.5) is 5.69 Å². The summed E-state index contributed by atoms with van der Waals surface area (Å²) in [5, 5.41) is 10.5. The fraction of sp³-hybridized carbons (Fsp3) is 0.533. The summed E-state index contributed by atoms with van der Waals surface area (Å²) in [6, 6.07) is 12.5. The third-order valence-corrected chi connectivity index (χ3v) is 10.5. The molecule has 0 aliphatic carbocycles. The number of carboxylic acid groups (broad SMARTS) is 1. The number of nitrogens with zero attached hydrogens (tertiary/aromatic N) is 3. The highest BCUT2D eigenvalue weighted by atomic mass is 32.2. The van der Waals surface area contributed by atoms with Crippen molar-refractivity contribution in [2.45, 2.75) is 51.1 Å². The van der Waals surface area contributed by atoms with Crippen molar-refractivity contribution in [3.63, 3.8) is 0 Å². The number of aliphatic carboxylic acids is 1. The van der Waals surface area contributed by atoms with E-state index >= 15 is 0 Å². The first-order valence-corrected chi connectivity index (χ1v) is 16.3. The van der Waals surface area contributed by atoms with Gasteiger partial charge in [0.05, 0.1) is 18.2 Å². The molecule has 0 aromatic heterocycles. The Balaban J connectivity index is 1.44. The Kier molecular flexibility index (Phi) is 9.36. The third-order valence-electron chi connectivity index (χ3n) is 8.57. The lowest BCUT2D eigenvalue weighted by Crippen LogP contribution is -2.45. The molecule has 42 heavy (non-hydrogen) atoms. The van der Waals surface area contributed by atoms with E-state index in [2.05, 4.69) is 6.92 Å². The fourth-order valence-electron chi connectivity index (χ4n) is 6.38. The Morgan fingerprint density at radius 2 is 1.95 bits per heavy atom. The standard InChI is InChI=1S/C30H40N4O7S/c1-2-3-12-34(23-7-4-6-21(15-23)17-31)28(35)19-32-18-24(22-8-9-26-27(16-22)41-20-40-26)29(30(36)37)25(32)10-13-33-11-5-14-42(33,38)39/h4,6-9,15-16,24-25,29H,2-3,5,10-14,17-20,31H2,1H3,(H,36,37). The van der Waals surface area contributed by atoms with E-state index in [0.717, 1.165) is 29.7 Å². The molecule has 228 valence electrons. The van der Waals surface area contributed by atoms with Gasteiger partial charge in [-0.1, -0.05) is 31.5 Å². The lowest BCUT2D eigenvalue weighted by molar-refractivity contribution is -0.143. The molecule has 1 amide bonds. The Morgan fingerprint density at radius 1 is 1.14 bits per heavy atom. The number of hydrogen-bond donors (Lipinski definition) is 2. The quantitative estimate of drug-likeness (QED) is 0.376. The molecule has 3 N–H and O–H groups in total. The van der Waals surface area contributed by atoms with Crippen LogP contribution in [-0.4, -0.2) is 85.9 Å². The zero-order chi connectivity index (χ0) is 29.9. The molecule has 0 spiro atoms. The third kappa shape index (κ3) is 6.41. The Bertz CT molecular complexity index is 1400. The van der Waals surface area contributed by atoms with Gasteiger partial charge in [-0.25, -0.2) is 12.7 Å². The smallest absolute Gasteiger partial charge is 0.308 e. The fourth-order valence-corrected chi connectivity index (χ4v) is 7.92. The van der Waals surface area contributed by atoms with Crippen molar-refractivity contribution in [3.05, 3.63) is 53.6 Å². The number of nitrogens with two attached hydrogens (primary N) is 1. The molecule has 12 heteroatoms. The average Bonchev–Trinajstić information content (AvgIpc) is 3.68. The molecule has 2 aromatic carbocycles. The Labute approximate surface area is 247 Å². The zero-order valence-electron chi connectivity index (χ0n) is 24.0. The zero-order valence-corrected chi connectivity index (χ0v) is 24.8. The molecule has 2 aromatic rings. The highest BCUT2D eigenvalue weighted by Gasteiger charge is 2.48. The monoisotopic (exact) mass is 600 g/mol. The summed E-state index contributed by atoms with van der Waals surface area (Å²) < 4.78 is 37.5. The second-order valence-corrected chi connectivity index (χ2v) is 13.3. The predicted molar refractivity (Wildman–Crippen MR) is 158 cm³/mol. The van der Waals surface area contributed by atoms with Crippen LogP contribution < -0.4 is 20.1 Å². The van der Waals surface area contributed by atoms with Crippen LogP contribution in [0, 0.1) is 5.92 Å². The van der Waals surface area contributed by atoms with Crippen molar-refractivity contribution in [1.82, 2.24) is 9.21 Å². The number of likely N-dealkylation sites (tertiary alicyclic amines) is 1. The largest absolute Gasteiger partial charge is 0.481 e. The maximum absolute atomic E-state index is 14.0. The minimum absolute atomic E-state index is 0.0127. The number of anilines is 1. The van der Waals surface area contributed by atoms with Gasteiger partial charge in [-0.2, -0.15) is 0 Å². The minimum atomic E-state index is -3.34. The molecule has 2 saturated heterocycles. The Hall–Kier alpha value is -3.19. The molecule has 3 heterocycles. The Morgan fingerprint density at radius 3 is 2.67 bits per heavy atom. The molecule has 11 nitrogen and oxygen atoms in total. The summed E-state index contributed by atoms with van der Waals surface area (Å²) in [6.45, 7) is 4.06. The van der Waals surface area contributed by atoms with Gasteiger partial charge >= 0.3 is 5.97 Å². The second kappa shape index (κ2) is 13.0. The molecule has 3 aliphatic rings. The molecule has 0 bridgehead atoms. The van der Waals surface area contributed by atoms with Gasteiger partial charge in [0.15, 0.2) is 11.5 Å². The number of amides is 1. The van der Waals surface area contributed by atoms with E-state index in [-0.39, 0.29) is 31.5 Å². The van der Waals surface area contributed by atoms with Gasteiger partial charge in [-0.15, -0.1) is 0 Å².